The Morgan fingerprint density at radius 1 is 1.36 bits per heavy atom. The number of hydrogen-bond donors (Lipinski definition) is 0. The number of halogens is 1. The molecule has 0 spiro atoms. The first-order valence-corrected chi connectivity index (χ1v) is 7.64. The van der Waals surface area contributed by atoms with Gasteiger partial charge in [-0.3, -0.25) is 9.48 Å². The summed E-state index contributed by atoms with van der Waals surface area (Å²) in [6, 6.07) is 1.68. The Balaban J connectivity index is 1.78. The van der Waals surface area contributed by atoms with Gasteiger partial charge in [0, 0.05) is 50.4 Å². The molecule has 3 aromatic heterocycles. The third-order valence-electron chi connectivity index (χ3n) is 3.28. The Morgan fingerprint density at radius 3 is 2.91 bits per heavy atom. The van der Waals surface area contributed by atoms with Crippen molar-refractivity contribution < 1.29 is 4.79 Å². The first kappa shape index (κ1) is 14.7. The second-order valence-electron chi connectivity index (χ2n) is 4.97. The molecule has 0 aliphatic heterocycles. The quantitative estimate of drug-likeness (QED) is 0.711. The Kier molecular flexibility index (Phi) is 3.93. The second kappa shape index (κ2) is 5.88. The third-order valence-corrected chi connectivity index (χ3v) is 3.69. The number of carbonyl (C=O) groups is 1. The standard InChI is InChI=1S/C14H15BrN6O/c1-3-20-8-10(5-17-20)7-19(2)14(22)12-4-13-16-6-11(15)9-21(13)18-12/h4-6,8-9H,3,7H2,1-2H3. The SMILES string of the molecule is CCn1cc(CN(C)C(=O)c2cc3ncc(Br)cn3n2)cn1. The summed E-state index contributed by atoms with van der Waals surface area (Å²) in [5, 5.41) is 8.48. The average Bonchev–Trinajstić information content (AvgIpc) is 3.12. The topological polar surface area (TPSA) is 68.3 Å². The molecule has 0 saturated carbocycles. The number of fused-ring (bicyclic) bond motifs is 1. The van der Waals surface area contributed by atoms with Gasteiger partial charge in [-0.25, -0.2) is 9.50 Å². The molecular weight excluding hydrogens is 348 g/mol. The number of aromatic nitrogens is 5. The molecule has 3 rings (SSSR count). The van der Waals surface area contributed by atoms with Crippen LogP contribution in [0.4, 0.5) is 0 Å². The number of carbonyl (C=O) groups excluding carboxylic acids is 1. The minimum atomic E-state index is -0.147. The van der Waals surface area contributed by atoms with Crippen molar-refractivity contribution in [2.45, 2.75) is 20.0 Å². The maximum atomic E-state index is 12.5. The lowest BCUT2D eigenvalue weighted by Gasteiger charge is -2.14. The molecule has 0 aromatic carbocycles. The van der Waals surface area contributed by atoms with Crippen LogP contribution in [0.2, 0.25) is 0 Å². The molecule has 0 aliphatic carbocycles. The van der Waals surface area contributed by atoms with Gasteiger partial charge in [0.1, 0.15) is 0 Å². The summed E-state index contributed by atoms with van der Waals surface area (Å²) in [6.45, 7) is 3.32. The van der Waals surface area contributed by atoms with E-state index in [9.17, 15) is 4.79 Å². The van der Waals surface area contributed by atoms with Gasteiger partial charge in [-0.05, 0) is 22.9 Å². The van der Waals surface area contributed by atoms with Crippen LogP contribution in [0.3, 0.4) is 0 Å². The van der Waals surface area contributed by atoms with Crippen molar-refractivity contribution in [2.24, 2.45) is 0 Å². The molecule has 0 bridgehead atoms. The zero-order chi connectivity index (χ0) is 15.7. The largest absolute Gasteiger partial charge is 0.336 e. The van der Waals surface area contributed by atoms with E-state index in [0.717, 1.165) is 16.6 Å². The molecule has 0 saturated heterocycles. The summed E-state index contributed by atoms with van der Waals surface area (Å²) in [6.07, 6.45) is 7.15. The lowest BCUT2D eigenvalue weighted by Crippen LogP contribution is -2.26. The number of nitrogens with zero attached hydrogens (tertiary/aromatic N) is 6. The molecule has 3 aromatic rings. The van der Waals surface area contributed by atoms with E-state index in [0.29, 0.717) is 17.9 Å². The van der Waals surface area contributed by atoms with Crippen molar-refractivity contribution in [3.63, 3.8) is 0 Å². The highest BCUT2D eigenvalue weighted by Gasteiger charge is 2.17. The molecule has 22 heavy (non-hydrogen) atoms. The van der Waals surface area contributed by atoms with Crippen LogP contribution in [-0.4, -0.2) is 42.2 Å². The van der Waals surface area contributed by atoms with Gasteiger partial charge in [-0.2, -0.15) is 10.2 Å². The fraction of sp³-hybridized carbons (Fsp3) is 0.286. The Labute approximate surface area is 135 Å². The van der Waals surface area contributed by atoms with Crippen LogP contribution in [-0.2, 0) is 13.1 Å². The van der Waals surface area contributed by atoms with Crippen LogP contribution in [0.25, 0.3) is 5.65 Å². The lowest BCUT2D eigenvalue weighted by atomic mass is 10.3. The minimum Gasteiger partial charge on any atom is -0.336 e. The summed E-state index contributed by atoms with van der Waals surface area (Å²) in [7, 11) is 1.75. The molecule has 0 fully saturated rings. The van der Waals surface area contributed by atoms with Crippen LogP contribution in [0.1, 0.15) is 23.0 Å². The Bertz CT molecular complexity index is 824. The van der Waals surface area contributed by atoms with Crippen molar-refractivity contribution in [3.05, 3.63) is 46.6 Å². The predicted octanol–water partition coefficient (Wildman–Crippen LogP) is 1.98. The van der Waals surface area contributed by atoms with Gasteiger partial charge in [-0.1, -0.05) is 0 Å². The molecule has 114 valence electrons. The van der Waals surface area contributed by atoms with Crippen LogP contribution >= 0.6 is 15.9 Å². The molecule has 0 aliphatic rings. The van der Waals surface area contributed by atoms with Crippen molar-refractivity contribution >= 4 is 27.5 Å². The summed E-state index contributed by atoms with van der Waals surface area (Å²) >= 11 is 3.33. The fourth-order valence-electron chi connectivity index (χ4n) is 2.16. The van der Waals surface area contributed by atoms with Crippen LogP contribution in [0, 0.1) is 0 Å². The van der Waals surface area contributed by atoms with E-state index < -0.39 is 0 Å². The molecule has 0 atom stereocenters. The zero-order valence-electron chi connectivity index (χ0n) is 12.3. The zero-order valence-corrected chi connectivity index (χ0v) is 13.9. The molecule has 3 heterocycles. The van der Waals surface area contributed by atoms with Gasteiger partial charge in [0.15, 0.2) is 11.3 Å². The van der Waals surface area contributed by atoms with Crippen LogP contribution in [0.5, 0.6) is 0 Å². The summed E-state index contributed by atoms with van der Waals surface area (Å²) < 4.78 is 4.22. The molecule has 0 unspecified atom stereocenters. The van der Waals surface area contributed by atoms with Gasteiger partial charge in [0.25, 0.3) is 5.91 Å². The molecule has 7 nitrogen and oxygen atoms in total. The summed E-state index contributed by atoms with van der Waals surface area (Å²) in [4.78, 5) is 18.3. The van der Waals surface area contributed by atoms with E-state index in [2.05, 4.69) is 31.1 Å². The number of rotatable bonds is 4. The Hall–Kier alpha value is -2.22. The highest BCUT2D eigenvalue weighted by Crippen LogP contribution is 2.12. The monoisotopic (exact) mass is 362 g/mol. The number of amides is 1. The van der Waals surface area contributed by atoms with Crippen molar-refractivity contribution in [3.8, 4) is 0 Å². The van der Waals surface area contributed by atoms with E-state index in [1.807, 2.05) is 17.8 Å². The minimum absolute atomic E-state index is 0.147. The van der Waals surface area contributed by atoms with E-state index in [1.54, 1.807) is 41.1 Å². The van der Waals surface area contributed by atoms with Gasteiger partial charge in [0.05, 0.1) is 10.7 Å². The first-order valence-electron chi connectivity index (χ1n) is 6.84. The van der Waals surface area contributed by atoms with Gasteiger partial charge < -0.3 is 4.90 Å². The van der Waals surface area contributed by atoms with Crippen molar-refractivity contribution in [1.29, 1.82) is 0 Å². The third kappa shape index (κ3) is 2.87. The normalized spacial score (nSPS) is 11.0. The molecule has 8 heteroatoms. The first-order chi connectivity index (χ1) is 10.6. The fourth-order valence-corrected chi connectivity index (χ4v) is 2.46. The molecule has 0 N–H and O–H groups in total. The maximum absolute atomic E-state index is 12.5. The number of aryl methyl sites for hydroxylation is 1. The van der Waals surface area contributed by atoms with Crippen LogP contribution < -0.4 is 0 Å². The average molecular weight is 363 g/mol. The summed E-state index contributed by atoms with van der Waals surface area (Å²) in [5.74, 6) is -0.147. The smallest absolute Gasteiger partial charge is 0.274 e. The van der Waals surface area contributed by atoms with E-state index in [4.69, 9.17) is 0 Å². The number of hydrogen-bond acceptors (Lipinski definition) is 4. The second-order valence-corrected chi connectivity index (χ2v) is 5.89. The lowest BCUT2D eigenvalue weighted by molar-refractivity contribution is 0.0779. The van der Waals surface area contributed by atoms with Crippen molar-refractivity contribution in [1.82, 2.24) is 29.3 Å². The maximum Gasteiger partial charge on any atom is 0.274 e. The highest BCUT2D eigenvalue weighted by atomic mass is 79.9. The summed E-state index contributed by atoms with van der Waals surface area (Å²) in [5.41, 5.74) is 2.00. The predicted molar refractivity (Wildman–Crippen MR) is 84.4 cm³/mol. The van der Waals surface area contributed by atoms with E-state index in [-0.39, 0.29) is 5.91 Å². The highest BCUT2D eigenvalue weighted by molar-refractivity contribution is 9.10. The van der Waals surface area contributed by atoms with Crippen LogP contribution in [0.15, 0.2) is 35.3 Å². The molecule has 1 amide bonds. The van der Waals surface area contributed by atoms with E-state index >= 15 is 0 Å². The Morgan fingerprint density at radius 2 is 2.18 bits per heavy atom. The van der Waals surface area contributed by atoms with Gasteiger partial charge in [0.2, 0.25) is 0 Å². The van der Waals surface area contributed by atoms with E-state index in [1.165, 1.54) is 0 Å². The molecule has 0 radical (unpaired) electrons. The molecular formula is C14H15BrN6O. The van der Waals surface area contributed by atoms with Gasteiger partial charge in [-0.15, -0.1) is 0 Å². The van der Waals surface area contributed by atoms with Crippen molar-refractivity contribution in [2.75, 3.05) is 7.05 Å². The van der Waals surface area contributed by atoms with Gasteiger partial charge >= 0.3 is 0 Å².